The van der Waals surface area contributed by atoms with E-state index in [9.17, 15) is 14.3 Å². The highest BCUT2D eigenvalue weighted by Gasteiger charge is 2.37. The number of carbonyl (C=O) groups is 1. The minimum atomic E-state index is -0.882. The Balaban J connectivity index is 1.27. The Morgan fingerprint density at radius 1 is 1.07 bits per heavy atom. The SMILES string of the molecule is C[C@H](CC1CCCCC1)C(=O)N1CCC(O)(CN2C=C(c3cccc(CN)c3)C(c3ccccc3F)=CC2)CC1. The predicted molar refractivity (Wildman–Crippen MR) is 159 cm³/mol. The van der Waals surface area contributed by atoms with Gasteiger partial charge < -0.3 is 20.6 Å². The number of hydrogen-bond donors (Lipinski definition) is 2. The molecule has 0 aromatic heterocycles. The normalized spacial score (nSPS) is 20.6. The fraction of sp³-hybridized carbons (Fsp3) is 0.500. The summed E-state index contributed by atoms with van der Waals surface area (Å²) in [7, 11) is 0. The highest BCUT2D eigenvalue weighted by atomic mass is 19.1. The van der Waals surface area contributed by atoms with E-state index < -0.39 is 5.60 Å². The zero-order chi connectivity index (χ0) is 28.1. The van der Waals surface area contributed by atoms with Crippen LogP contribution in [0.3, 0.4) is 0 Å². The van der Waals surface area contributed by atoms with Crippen molar-refractivity contribution in [2.75, 3.05) is 26.2 Å². The van der Waals surface area contributed by atoms with Gasteiger partial charge in [0.2, 0.25) is 5.91 Å². The van der Waals surface area contributed by atoms with Gasteiger partial charge in [-0.05, 0) is 54.0 Å². The van der Waals surface area contributed by atoms with Crippen molar-refractivity contribution in [3.05, 3.63) is 83.3 Å². The zero-order valence-electron chi connectivity index (χ0n) is 23.8. The van der Waals surface area contributed by atoms with Gasteiger partial charge in [0.15, 0.2) is 0 Å². The summed E-state index contributed by atoms with van der Waals surface area (Å²) in [5.41, 5.74) is 9.36. The number of hydrogen-bond acceptors (Lipinski definition) is 4. The molecule has 214 valence electrons. The highest BCUT2D eigenvalue weighted by molar-refractivity contribution is 6.05. The van der Waals surface area contributed by atoms with Gasteiger partial charge in [-0.15, -0.1) is 0 Å². The van der Waals surface area contributed by atoms with Crippen molar-refractivity contribution in [1.29, 1.82) is 0 Å². The lowest BCUT2D eigenvalue weighted by atomic mass is 9.82. The van der Waals surface area contributed by atoms with Crippen LogP contribution in [-0.2, 0) is 11.3 Å². The third kappa shape index (κ3) is 6.67. The number of rotatable bonds is 8. The third-order valence-electron chi connectivity index (χ3n) is 9.11. The molecule has 1 saturated heterocycles. The molecule has 2 aromatic rings. The third-order valence-corrected chi connectivity index (χ3v) is 9.11. The van der Waals surface area contributed by atoms with Gasteiger partial charge in [-0.1, -0.05) is 81.5 Å². The molecule has 5 nitrogen and oxygen atoms in total. The van der Waals surface area contributed by atoms with Crippen molar-refractivity contribution in [2.45, 2.75) is 70.4 Å². The van der Waals surface area contributed by atoms with Crippen molar-refractivity contribution in [3.63, 3.8) is 0 Å². The molecule has 3 aliphatic rings. The topological polar surface area (TPSA) is 69.8 Å². The summed E-state index contributed by atoms with van der Waals surface area (Å²) in [6, 6.07) is 14.9. The fourth-order valence-electron chi connectivity index (χ4n) is 6.78. The lowest BCUT2D eigenvalue weighted by Gasteiger charge is -2.42. The second-order valence-electron chi connectivity index (χ2n) is 12.2. The molecule has 2 fully saturated rings. The summed E-state index contributed by atoms with van der Waals surface area (Å²) in [6.45, 7) is 4.73. The molecular weight excluding hydrogens is 501 g/mol. The summed E-state index contributed by atoms with van der Waals surface area (Å²) in [5, 5.41) is 11.6. The second kappa shape index (κ2) is 12.7. The number of β-amino-alcohol motifs (C(OH)–C–C–N with tert-alkyl or cyclic N) is 1. The van der Waals surface area contributed by atoms with Gasteiger partial charge in [0.05, 0.1) is 5.60 Å². The molecule has 6 heteroatoms. The number of likely N-dealkylation sites (tertiary alicyclic amines) is 1. The van der Waals surface area contributed by atoms with Crippen LogP contribution in [0.1, 0.15) is 75.0 Å². The van der Waals surface area contributed by atoms with E-state index in [1.165, 1.54) is 38.2 Å². The van der Waals surface area contributed by atoms with Gasteiger partial charge in [0.25, 0.3) is 0 Å². The van der Waals surface area contributed by atoms with E-state index in [1.807, 2.05) is 35.2 Å². The second-order valence-corrected chi connectivity index (χ2v) is 12.2. The van der Waals surface area contributed by atoms with E-state index in [0.29, 0.717) is 57.0 Å². The predicted octanol–water partition coefficient (Wildman–Crippen LogP) is 5.98. The minimum absolute atomic E-state index is 0.0492. The highest BCUT2D eigenvalue weighted by Crippen LogP contribution is 2.37. The van der Waals surface area contributed by atoms with Crippen molar-refractivity contribution in [1.82, 2.24) is 9.80 Å². The molecule has 0 radical (unpaired) electrons. The molecule has 3 N–H and O–H groups in total. The van der Waals surface area contributed by atoms with E-state index in [-0.39, 0.29) is 17.6 Å². The smallest absolute Gasteiger partial charge is 0.225 e. The molecule has 2 aliphatic heterocycles. The number of halogens is 1. The van der Waals surface area contributed by atoms with Crippen LogP contribution in [0.15, 0.2) is 60.8 Å². The molecule has 40 heavy (non-hydrogen) atoms. The number of nitrogens with two attached hydrogens (primary N) is 1. The van der Waals surface area contributed by atoms with Gasteiger partial charge in [-0.3, -0.25) is 4.79 Å². The van der Waals surface area contributed by atoms with E-state index in [0.717, 1.165) is 28.7 Å². The van der Waals surface area contributed by atoms with Crippen LogP contribution < -0.4 is 5.73 Å². The van der Waals surface area contributed by atoms with Gasteiger partial charge in [0, 0.05) is 56.0 Å². The molecule has 1 saturated carbocycles. The number of allylic oxidation sites excluding steroid dienone is 2. The molecule has 1 aliphatic carbocycles. The van der Waals surface area contributed by atoms with Crippen molar-refractivity contribution < 1.29 is 14.3 Å². The van der Waals surface area contributed by atoms with Crippen LogP contribution in [0.5, 0.6) is 0 Å². The minimum Gasteiger partial charge on any atom is -0.388 e. The average molecular weight is 546 g/mol. The summed E-state index contributed by atoms with van der Waals surface area (Å²) in [6.07, 6.45) is 12.6. The van der Waals surface area contributed by atoms with E-state index >= 15 is 0 Å². The first-order valence-electron chi connectivity index (χ1n) is 15.1. The first kappa shape index (κ1) is 28.6. The molecule has 0 spiro atoms. The lowest BCUT2D eigenvalue weighted by Crippen LogP contribution is -2.52. The maximum absolute atomic E-state index is 14.9. The Labute approximate surface area is 238 Å². The van der Waals surface area contributed by atoms with Crippen LogP contribution in [0.2, 0.25) is 0 Å². The van der Waals surface area contributed by atoms with Crippen LogP contribution in [0, 0.1) is 17.7 Å². The van der Waals surface area contributed by atoms with Crippen LogP contribution in [-0.4, -0.2) is 52.6 Å². The number of carbonyl (C=O) groups excluding carboxylic acids is 1. The number of piperidine rings is 1. The van der Waals surface area contributed by atoms with Crippen molar-refractivity contribution >= 4 is 17.1 Å². The Morgan fingerprint density at radius 2 is 1.82 bits per heavy atom. The molecule has 2 aromatic carbocycles. The Hall–Kier alpha value is -2.96. The molecule has 1 amide bonds. The summed E-state index contributed by atoms with van der Waals surface area (Å²) in [4.78, 5) is 17.3. The van der Waals surface area contributed by atoms with E-state index in [2.05, 4.69) is 30.2 Å². The van der Waals surface area contributed by atoms with E-state index in [1.54, 1.807) is 6.07 Å². The average Bonchev–Trinajstić information content (AvgIpc) is 2.98. The molecule has 0 unspecified atom stereocenters. The van der Waals surface area contributed by atoms with E-state index in [4.69, 9.17) is 5.73 Å². The summed E-state index contributed by atoms with van der Waals surface area (Å²) in [5.74, 6) is 0.719. The van der Waals surface area contributed by atoms with Crippen LogP contribution in [0.4, 0.5) is 4.39 Å². The lowest BCUT2D eigenvalue weighted by molar-refractivity contribution is -0.140. The number of aliphatic hydroxyl groups is 1. The van der Waals surface area contributed by atoms with Gasteiger partial charge in [-0.25, -0.2) is 4.39 Å². The van der Waals surface area contributed by atoms with Crippen molar-refractivity contribution in [3.8, 4) is 0 Å². The number of amides is 1. The first-order chi connectivity index (χ1) is 19.3. The molecular formula is C34H44FN3O2. The monoisotopic (exact) mass is 545 g/mol. The van der Waals surface area contributed by atoms with Gasteiger partial charge >= 0.3 is 0 Å². The Morgan fingerprint density at radius 3 is 2.55 bits per heavy atom. The molecule has 1 atom stereocenters. The fourth-order valence-corrected chi connectivity index (χ4v) is 6.78. The van der Waals surface area contributed by atoms with Gasteiger partial charge in [-0.2, -0.15) is 0 Å². The molecule has 0 bridgehead atoms. The summed E-state index contributed by atoms with van der Waals surface area (Å²) >= 11 is 0. The molecule has 5 rings (SSSR count). The quantitative estimate of drug-likeness (QED) is 0.428. The summed E-state index contributed by atoms with van der Waals surface area (Å²) < 4.78 is 14.9. The molecule has 2 heterocycles. The number of benzene rings is 2. The number of nitrogens with zero attached hydrogens (tertiary/aromatic N) is 2. The van der Waals surface area contributed by atoms with Crippen LogP contribution in [0.25, 0.3) is 11.1 Å². The largest absolute Gasteiger partial charge is 0.388 e. The maximum Gasteiger partial charge on any atom is 0.225 e. The first-order valence-corrected chi connectivity index (χ1v) is 15.1. The van der Waals surface area contributed by atoms with Crippen LogP contribution >= 0.6 is 0 Å². The van der Waals surface area contributed by atoms with Crippen molar-refractivity contribution in [2.24, 2.45) is 17.6 Å². The standard InChI is InChI=1S/C34H44FN3O2/c1-25(20-26-8-3-2-4-9-26)33(39)38-18-15-34(40,16-19-38)24-37-17-14-29(30-12-5-6-13-32(30)35)31(23-37)28-11-7-10-27(21-28)22-36/h5-7,10-14,21,23,25-26,40H,2-4,8-9,15-20,22,24,36H2,1H3/t25-/m1/s1. The Kier molecular flexibility index (Phi) is 9.07. The van der Waals surface area contributed by atoms with Gasteiger partial charge in [0.1, 0.15) is 5.82 Å². The Bertz CT molecular complexity index is 1240. The zero-order valence-corrected chi connectivity index (χ0v) is 23.8. The maximum atomic E-state index is 14.9.